The van der Waals surface area contributed by atoms with Gasteiger partial charge >= 0.3 is 5.69 Å². The third-order valence-corrected chi connectivity index (χ3v) is 5.19. The molecule has 0 radical (unpaired) electrons. The van der Waals surface area contributed by atoms with Gasteiger partial charge in [-0.2, -0.15) is 0 Å². The van der Waals surface area contributed by atoms with E-state index < -0.39 is 14.8 Å². The molecule has 0 aromatic heterocycles. The van der Waals surface area contributed by atoms with Crippen molar-refractivity contribution in [3.05, 3.63) is 28.3 Å². The number of hydrogen-bond acceptors (Lipinski definition) is 6. The third-order valence-electron chi connectivity index (χ3n) is 4.06. The minimum absolute atomic E-state index is 0.114. The van der Waals surface area contributed by atoms with Gasteiger partial charge in [0.05, 0.1) is 4.92 Å². The first-order valence-electron chi connectivity index (χ1n) is 7.67. The van der Waals surface area contributed by atoms with Crippen LogP contribution in [-0.2, 0) is 14.6 Å². The molecule has 2 rings (SSSR count). The molecular formula is C15H21N3O5S. The van der Waals surface area contributed by atoms with Crippen molar-refractivity contribution in [2.75, 3.05) is 30.8 Å². The van der Waals surface area contributed by atoms with Crippen molar-refractivity contribution < 1.29 is 18.1 Å². The van der Waals surface area contributed by atoms with E-state index in [0.29, 0.717) is 25.3 Å². The monoisotopic (exact) mass is 355 g/mol. The van der Waals surface area contributed by atoms with Crippen LogP contribution in [0.1, 0.15) is 19.8 Å². The molecule has 9 heteroatoms. The summed E-state index contributed by atoms with van der Waals surface area (Å²) in [4.78, 5) is 23.5. The van der Waals surface area contributed by atoms with E-state index in [2.05, 4.69) is 5.32 Å². The van der Waals surface area contributed by atoms with E-state index in [-0.39, 0.29) is 22.4 Å². The highest BCUT2D eigenvalue weighted by Crippen LogP contribution is 2.36. The minimum Gasteiger partial charge on any atom is -0.366 e. The predicted molar refractivity (Wildman–Crippen MR) is 89.8 cm³/mol. The van der Waals surface area contributed by atoms with Crippen LogP contribution in [0.25, 0.3) is 0 Å². The molecule has 132 valence electrons. The van der Waals surface area contributed by atoms with Crippen molar-refractivity contribution in [2.45, 2.75) is 24.7 Å². The molecule has 1 aromatic carbocycles. The third kappa shape index (κ3) is 4.22. The van der Waals surface area contributed by atoms with Crippen LogP contribution in [0.5, 0.6) is 0 Å². The van der Waals surface area contributed by atoms with Gasteiger partial charge in [-0.05, 0) is 30.9 Å². The van der Waals surface area contributed by atoms with Crippen molar-refractivity contribution in [2.24, 2.45) is 5.92 Å². The molecule has 0 spiro atoms. The molecule has 1 fully saturated rings. The average molecular weight is 355 g/mol. The fourth-order valence-electron chi connectivity index (χ4n) is 2.99. The van der Waals surface area contributed by atoms with Gasteiger partial charge < -0.3 is 10.2 Å². The maximum Gasteiger partial charge on any atom is 0.311 e. The highest BCUT2D eigenvalue weighted by molar-refractivity contribution is 7.90. The molecule has 0 bridgehead atoms. The summed E-state index contributed by atoms with van der Waals surface area (Å²) in [6, 6.07) is 4.36. The Labute approximate surface area is 140 Å². The number of carbonyl (C=O) groups excluding carboxylic acids is 1. The van der Waals surface area contributed by atoms with Crippen LogP contribution in [0.3, 0.4) is 0 Å². The van der Waals surface area contributed by atoms with Gasteiger partial charge in [0.15, 0.2) is 9.84 Å². The summed E-state index contributed by atoms with van der Waals surface area (Å²) in [7, 11) is -3.70. The summed E-state index contributed by atoms with van der Waals surface area (Å²) in [6.45, 7) is 3.10. The zero-order valence-corrected chi connectivity index (χ0v) is 14.5. The van der Waals surface area contributed by atoms with Gasteiger partial charge in [0, 0.05) is 32.8 Å². The van der Waals surface area contributed by atoms with Crippen LogP contribution >= 0.6 is 0 Å². The lowest BCUT2D eigenvalue weighted by atomic mass is 9.97. The lowest BCUT2D eigenvalue weighted by molar-refractivity contribution is -0.387. The highest BCUT2D eigenvalue weighted by atomic mass is 32.2. The standard InChI is InChI=1S/C15H21N3O5S/c1-11(19)16-9-12-5-4-8-17(10-12)13-6-3-7-14(24(2,22)23)15(13)18(20)21/h3,6-7,12H,4-5,8-10H2,1-2H3,(H,16,19). The molecule has 8 nitrogen and oxygen atoms in total. The van der Waals surface area contributed by atoms with Crippen LogP contribution in [0, 0.1) is 16.0 Å². The van der Waals surface area contributed by atoms with E-state index in [9.17, 15) is 23.3 Å². The van der Waals surface area contributed by atoms with Gasteiger partial charge in [-0.3, -0.25) is 14.9 Å². The second-order valence-corrected chi connectivity index (χ2v) is 8.03. The second-order valence-electron chi connectivity index (χ2n) is 6.04. The lowest BCUT2D eigenvalue weighted by Gasteiger charge is -2.34. The molecular weight excluding hydrogens is 334 g/mol. The van der Waals surface area contributed by atoms with Crippen LogP contribution < -0.4 is 10.2 Å². The topological polar surface area (TPSA) is 110 Å². The predicted octanol–water partition coefficient (Wildman–Crippen LogP) is 1.35. The Morgan fingerprint density at radius 2 is 2.17 bits per heavy atom. The number of nitrogens with zero attached hydrogens (tertiary/aromatic N) is 2. The first kappa shape index (κ1) is 18.2. The Balaban J connectivity index is 2.34. The number of sulfone groups is 1. The average Bonchev–Trinajstić information content (AvgIpc) is 2.51. The number of piperidine rings is 1. The van der Waals surface area contributed by atoms with Crippen molar-refractivity contribution in [1.29, 1.82) is 0 Å². The van der Waals surface area contributed by atoms with E-state index in [1.807, 2.05) is 4.90 Å². The number of benzene rings is 1. The molecule has 0 aliphatic carbocycles. The Hall–Kier alpha value is -2.16. The molecule has 1 N–H and O–H groups in total. The number of anilines is 1. The number of carbonyl (C=O) groups is 1. The van der Waals surface area contributed by atoms with E-state index in [1.165, 1.54) is 19.1 Å². The summed E-state index contributed by atoms with van der Waals surface area (Å²) >= 11 is 0. The van der Waals surface area contributed by atoms with Gasteiger partial charge in [0.2, 0.25) is 5.91 Å². The molecule has 24 heavy (non-hydrogen) atoms. The molecule has 1 aliphatic heterocycles. The van der Waals surface area contributed by atoms with Gasteiger partial charge in [-0.25, -0.2) is 8.42 Å². The van der Waals surface area contributed by atoms with Crippen molar-refractivity contribution in [3.63, 3.8) is 0 Å². The van der Waals surface area contributed by atoms with E-state index in [4.69, 9.17) is 0 Å². The fourth-order valence-corrected chi connectivity index (χ4v) is 3.84. The molecule has 0 saturated carbocycles. The first-order valence-corrected chi connectivity index (χ1v) is 9.56. The number of hydrogen-bond donors (Lipinski definition) is 1. The molecule has 1 unspecified atom stereocenters. The van der Waals surface area contributed by atoms with Gasteiger partial charge in [0.25, 0.3) is 0 Å². The number of nitro benzene ring substituents is 1. The van der Waals surface area contributed by atoms with Crippen molar-refractivity contribution >= 4 is 27.1 Å². The van der Waals surface area contributed by atoms with E-state index >= 15 is 0 Å². The lowest BCUT2D eigenvalue weighted by Crippen LogP contribution is -2.40. The molecule has 1 atom stereocenters. The molecule has 1 saturated heterocycles. The molecule has 1 amide bonds. The largest absolute Gasteiger partial charge is 0.366 e. The summed E-state index contributed by atoms with van der Waals surface area (Å²) in [5, 5.41) is 14.3. The summed E-state index contributed by atoms with van der Waals surface area (Å²) in [5.74, 6) is 0.0568. The Morgan fingerprint density at radius 1 is 1.46 bits per heavy atom. The second kappa shape index (κ2) is 7.16. The molecule has 1 heterocycles. The number of amides is 1. The highest BCUT2D eigenvalue weighted by Gasteiger charge is 2.31. The van der Waals surface area contributed by atoms with Gasteiger partial charge in [0.1, 0.15) is 10.6 Å². The number of nitro groups is 1. The summed E-state index contributed by atoms with van der Waals surface area (Å²) < 4.78 is 23.7. The summed E-state index contributed by atoms with van der Waals surface area (Å²) in [5.41, 5.74) is -0.0596. The smallest absolute Gasteiger partial charge is 0.311 e. The van der Waals surface area contributed by atoms with E-state index in [1.54, 1.807) is 6.07 Å². The van der Waals surface area contributed by atoms with Crippen LogP contribution in [0.15, 0.2) is 23.1 Å². The molecule has 1 aromatic rings. The number of nitrogens with one attached hydrogen (secondary N) is 1. The van der Waals surface area contributed by atoms with Crippen LogP contribution in [-0.4, -0.2) is 45.1 Å². The van der Waals surface area contributed by atoms with Gasteiger partial charge in [-0.15, -0.1) is 0 Å². The normalized spacial score (nSPS) is 18.2. The SMILES string of the molecule is CC(=O)NCC1CCCN(c2cccc(S(C)(=O)=O)c2[N+](=O)[O-])C1. The maximum absolute atomic E-state index is 11.9. The van der Waals surface area contributed by atoms with Crippen molar-refractivity contribution in [1.82, 2.24) is 5.32 Å². The zero-order chi connectivity index (χ0) is 17.9. The maximum atomic E-state index is 11.9. The fraction of sp³-hybridized carbons (Fsp3) is 0.533. The first-order chi connectivity index (χ1) is 11.2. The number of para-hydroxylation sites is 1. The Bertz CT molecular complexity index is 747. The number of rotatable bonds is 5. The van der Waals surface area contributed by atoms with E-state index in [0.717, 1.165) is 19.1 Å². The van der Waals surface area contributed by atoms with Crippen molar-refractivity contribution in [3.8, 4) is 0 Å². The summed E-state index contributed by atoms with van der Waals surface area (Å²) in [6.07, 6.45) is 2.70. The zero-order valence-electron chi connectivity index (χ0n) is 13.7. The van der Waals surface area contributed by atoms with Crippen LogP contribution in [0.4, 0.5) is 11.4 Å². The quantitative estimate of drug-likeness (QED) is 0.631. The Kier molecular flexibility index (Phi) is 5.43. The minimum atomic E-state index is -3.70. The Morgan fingerprint density at radius 3 is 2.75 bits per heavy atom. The molecule has 1 aliphatic rings. The van der Waals surface area contributed by atoms with Crippen LogP contribution in [0.2, 0.25) is 0 Å². The van der Waals surface area contributed by atoms with Gasteiger partial charge in [-0.1, -0.05) is 6.07 Å².